The molecule has 5 nitrogen and oxygen atoms in total. The number of carbonyl (C=O) groups is 1. The first-order chi connectivity index (χ1) is 10.6. The van der Waals surface area contributed by atoms with Gasteiger partial charge in [0.1, 0.15) is 0 Å². The highest BCUT2D eigenvalue weighted by Gasteiger charge is 2.02. The van der Waals surface area contributed by atoms with E-state index >= 15 is 0 Å². The zero-order valence-electron chi connectivity index (χ0n) is 13.1. The Balaban J connectivity index is 1.64. The van der Waals surface area contributed by atoms with Gasteiger partial charge in [-0.2, -0.15) is 0 Å². The van der Waals surface area contributed by atoms with E-state index in [2.05, 4.69) is 20.6 Å². The molecule has 0 saturated carbocycles. The summed E-state index contributed by atoms with van der Waals surface area (Å²) in [5.41, 5.74) is 2.99. The van der Waals surface area contributed by atoms with Gasteiger partial charge in [0.2, 0.25) is 11.9 Å². The fourth-order valence-corrected chi connectivity index (χ4v) is 2.14. The highest BCUT2D eigenvalue weighted by Crippen LogP contribution is 2.04. The molecule has 0 spiro atoms. The van der Waals surface area contributed by atoms with Crippen LogP contribution in [0.2, 0.25) is 0 Å². The zero-order valence-corrected chi connectivity index (χ0v) is 13.1. The third-order valence-corrected chi connectivity index (χ3v) is 3.18. The summed E-state index contributed by atoms with van der Waals surface area (Å²) < 4.78 is 0. The van der Waals surface area contributed by atoms with Crippen LogP contribution in [0.15, 0.2) is 36.4 Å². The molecule has 1 amide bonds. The van der Waals surface area contributed by atoms with E-state index in [1.165, 1.54) is 0 Å². The van der Waals surface area contributed by atoms with Crippen LogP contribution in [0.1, 0.15) is 29.8 Å². The second-order valence-corrected chi connectivity index (χ2v) is 5.27. The second kappa shape index (κ2) is 8.12. The summed E-state index contributed by atoms with van der Waals surface area (Å²) >= 11 is 0. The first kappa shape index (κ1) is 15.9. The van der Waals surface area contributed by atoms with Gasteiger partial charge in [-0.15, -0.1) is 0 Å². The van der Waals surface area contributed by atoms with Gasteiger partial charge < -0.3 is 10.6 Å². The van der Waals surface area contributed by atoms with E-state index in [9.17, 15) is 4.79 Å². The lowest BCUT2D eigenvalue weighted by atomic mass is 10.2. The minimum Gasteiger partial charge on any atom is -0.354 e. The molecule has 0 aliphatic carbocycles. The average Bonchev–Trinajstić information content (AvgIpc) is 2.50. The number of carbonyl (C=O) groups excluding carboxylic acids is 1. The van der Waals surface area contributed by atoms with Crippen molar-refractivity contribution in [1.82, 2.24) is 15.3 Å². The van der Waals surface area contributed by atoms with Crippen molar-refractivity contribution in [3.63, 3.8) is 0 Å². The lowest BCUT2D eigenvalue weighted by molar-refractivity contribution is -0.121. The SMILES string of the molecule is Cc1cc(C)nc(NCCCC(=O)NCc2ccccc2)n1. The normalized spacial score (nSPS) is 10.3. The number of rotatable bonds is 7. The smallest absolute Gasteiger partial charge is 0.223 e. The monoisotopic (exact) mass is 298 g/mol. The van der Waals surface area contributed by atoms with Crippen LogP contribution in [-0.2, 0) is 11.3 Å². The van der Waals surface area contributed by atoms with Gasteiger partial charge in [0.25, 0.3) is 0 Å². The van der Waals surface area contributed by atoms with E-state index in [0.29, 0.717) is 25.5 Å². The van der Waals surface area contributed by atoms with Crippen LogP contribution in [0.3, 0.4) is 0 Å². The van der Waals surface area contributed by atoms with Crippen molar-refractivity contribution in [2.45, 2.75) is 33.2 Å². The minimum absolute atomic E-state index is 0.0620. The van der Waals surface area contributed by atoms with E-state index in [0.717, 1.165) is 23.4 Å². The van der Waals surface area contributed by atoms with Crippen molar-refractivity contribution in [2.75, 3.05) is 11.9 Å². The molecule has 1 aromatic heterocycles. The summed E-state index contributed by atoms with van der Waals surface area (Å²) in [5.74, 6) is 0.689. The maximum atomic E-state index is 11.8. The number of anilines is 1. The Morgan fingerprint density at radius 2 is 1.77 bits per heavy atom. The van der Waals surface area contributed by atoms with E-state index in [-0.39, 0.29) is 5.91 Å². The minimum atomic E-state index is 0.0620. The Hall–Kier alpha value is -2.43. The van der Waals surface area contributed by atoms with Crippen molar-refractivity contribution in [2.24, 2.45) is 0 Å². The average molecular weight is 298 g/mol. The molecule has 22 heavy (non-hydrogen) atoms. The van der Waals surface area contributed by atoms with Gasteiger partial charge in [-0.25, -0.2) is 9.97 Å². The molecule has 2 aromatic rings. The van der Waals surface area contributed by atoms with Gasteiger partial charge in [0, 0.05) is 30.9 Å². The maximum Gasteiger partial charge on any atom is 0.223 e. The molecular weight excluding hydrogens is 276 g/mol. The summed E-state index contributed by atoms with van der Waals surface area (Å²) in [6, 6.07) is 11.8. The zero-order chi connectivity index (χ0) is 15.8. The topological polar surface area (TPSA) is 66.9 Å². The molecule has 0 saturated heterocycles. The summed E-state index contributed by atoms with van der Waals surface area (Å²) in [7, 11) is 0. The third kappa shape index (κ3) is 5.52. The van der Waals surface area contributed by atoms with Gasteiger partial charge >= 0.3 is 0 Å². The Morgan fingerprint density at radius 3 is 2.45 bits per heavy atom. The molecule has 1 aromatic carbocycles. The number of nitrogens with zero attached hydrogens (tertiary/aromatic N) is 2. The first-order valence-corrected chi connectivity index (χ1v) is 7.50. The van der Waals surface area contributed by atoms with Crippen LogP contribution >= 0.6 is 0 Å². The molecule has 0 radical (unpaired) electrons. The fourth-order valence-electron chi connectivity index (χ4n) is 2.14. The number of hydrogen-bond donors (Lipinski definition) is 2. The summed E-state index contributed by atoms with van der Waals surface area (Å²) in [4.78, 5) is 20.4. The second-order valence-electron chi connectivity index (χ2n) is 5.27. The number of benzene rings is 1. The molecule has 0 unspecified atom stereocenters. The summed E-state index contributed by atoms with van der Waals surface area (Å²) in [6.07, 6.45) is 1.24. The molecule has 2 N–H and O–H groups in total. The van der Waals surface area contributed by atoms with Crippen LogP contribution in [0.4, 0.5) is 5.95 Å². The standard InChI is InChI=1S/C17H22N4O/c1-13-11-14(2)21-17(20-13)18-10-6-9-16(22)19-12-15-7-4-3-5-8-15/h3-5,7-8,11H,6,9-10,12H2,1-2H3,(H,19,22)(H,18,20,21). The van der Waals surface area contributed by atoms with Crippen molar-refractivity contribution in [1.29, 1.82) is 0 Å². The van der Waals surface area contributed by atoms with Crippen LogP contribution in [0.5, 0.6) is 0 Å². The molecule has 0 aliphatic heterocycles. The number of aromatic nitrogens is 2. The largest absolute Gasteiger partial charge is 0.354 e. The molecule has 0 atom stereocenters. The van der Waals surface area contributed by atoms with Crippen LogP contribution in [-0.4, -0.2) is 22.4 Å². The van der Waals surface area contributed by atoms with E-state index in [1.54, 1.807) is 0 Å². The molecule has 0 aliphatic rings. The Bertz CT molecular complexity index is 593. The molecule has 116 valence electrons. The number of amides is 1. The van der Waals surface area contributed by atoms with Crippen LogP contribution in [0.25, 0.3) is 0 Å². The molecule has 2 rings (SSSR count). The Morgan fingerprint density at radius 1 is 1.09 bits per heavy atom. The molecule has 1 heterocycles. The molecule has 0 fully saturated rings. The summed E-state index contributed by atoms with van der Waals surface area (Å²) in [5, 5.41) is 6.07. The van der Waals surface area contributed by atoms with Crippen molar-refractivity contribution < 1.29 is 4.79 Å². The predicted molar refractivity (Wildman–Crippen MR) is 87.5 cm³/mol. The van der Waals surface area contributed by atoms with Crippen molar-refractivity contribution >= 4 is 11.9 Å². The van der Waals surface area contributed by atoms with Crippen LogP contribution in [0, 0.1) is 13.8 Å². The van der Waals surface area contributed by atoms with E-state index < -0.39 is 0 Å². The molecule has 5 heteroatoms. The Labute approximate surface area is 131 Å². The van der Waals surface area contributed by atoms with Gasteiger partial charge in [-0.3, -0.25) is 4.79 Å². The van der Waals surface area contributed by atoms with Crippen LogP contribution < -0.4 is 10.6 Å². The number of nitrogens with one attached hydrogen (secondary N) is 2. The Kier molecular flexibility index (Phi) is 5.89. The van der Waals surface area contributed by atoms with Crippen molar-refractivity contribution in [3.8, 4) is 0 Å². The van der Waals surface area contributed by atoms with Gasteiger partial charge in [0.05, 0.1) is 0 Å². The van der Waals surface area contributed by atoms with Gasteiger partial charge in [-0.1, -0.05) is 30.3 Å². The molecule has 0 bridgehead atoms. The fraction of sp³-hybridized carbons (Fsp3) is 0.353. The summed E-state index contributed by atoms with van der Waals surface area (Å²) in [6.45, 7) is 5.14. The lowest BCUT2D eigenvalue weighted by Crippen LogP contribution is -2.23. The molecular formula is C17H22N4O. The first-order valence-electron chi connectivity index (χ1n) is 7.50. The predicted octanol–water partition coefficient (Wildman–Crippen LogP) is 2.60. The number of hydrogen-bond acceptors (Lipinski definition) is 4. The maximum absolute atomic E-state index is 11.8. The lowest BCUT2D eigenvalue weighted by Gasteiger charge is -2.07. The highest BCUT2D eigenvalue weighted by molar-refractivity contribution is 5.75. The van der Waals surface area contributed by atoms with E-state index in [1.807, 2.05) is 50.2 Å². The van der Waals surface area contributed by atoms with Gasteiger partial charge in [0.15, 0.2) is 0 Å². The van der Waals surface area contributed by atoms with Gasteiger partial charge in [-0.05, 0) is 31.9 Å². The third-order valence-electron chi connectivity index (χ3n) is 3.18. The van der Waals surface area contributed by atoms with Crippen molar-refractivity contribution in [3.05, 3.63) is 53.3 Å². The number of aryl methyl sites for hydroxylation is 2. The highest BCUT2D eigenvalue weighted by atomic mass is 16.1. The van der Waals surface area contributed by atoms with E-state index in [4.69, 9.17) is 0 Å². The quantitative estimate of drug-likeness (QED) is 0.771.